The molecule has 0 saturated carbocycles. The Kier molecular flexibility index (Phi) is 15.7. The summed E-state index contributed by atoms with van der Waals surface area (Å²) in [5, 5.41) is 9.64. The third-order valence-corrected chi connectivity index (χ3v) is 0.736. The number of hydrogen-bond acceptors (Lipinski definition) is 4. The summed E-state index contributed by atoms with van der Waals surface area (Å²) in [4.78, 5) is 19.8. The molecular formula is C5H8CaO4. The van der Waals surface area contributed by atoms with E-state index in [4.69, 9.17) is 0 Å². The number of rotatable bonds is 3. The van der Waals surface area contributed by atoms with Crippen LogP contribution in [-0.4, -0.2) is 55.0 Å². The van der Waals surface area contributed by atoms with Gasteiger partial charge in [0.25, 0.3) is 0 Å². The third-order valence-electron chi connectivity index (χ3n) is 0.736. The molecule has 0 atom stereocenters. The van der Waals surface area contributed by atoms with E-state index in [-0.39, 0.29) is 55.4 Å². The summed E-state index contributed by atoms with van der Waals surface area (Å²) in [5.74, 6) is -1.58. The van der Waals surface area contributed by atoms with Crippen LogP contribution in [0.5, 0.6) is 0 Å². The topological polar surface area (TPSA) is 87.2 Å². The van der Waals surface area contributed by atoms with E-state index < -0.39 is 12.4 Å². The SMILES string of the molecule is CCC(=O)CC(=O)[O-].[Ca+2].[OH-]. The average molecular weight is 172 g/mol. The second kappa shape index (κ2) is 9.36. The number of Topliss-reactive ketones (excluding diaryl/α,β-unsaturated/α-hetero) is 1. The first kappa shape index (κ1) is 16.8. The van der Waals surface area contributed by atoms with Crippen molar-refractivity contribution in [1.82, 2.24) is 0 Å². The molecule has 0 rings (SSSR count). The van der Waals surface area contributed by atoms with Gasteiger partial charge in [0.2, 0.25) is 0 Å². The van der Waals surface area contributed by atoms with Crippen LogP contribution in [0.2, 0.25) is 0 Å². The van der Waals surface area contributed by atoms with Crippen molar-refractivity contribution in [3.63, 3.8) is 0 Å². The molecule has 0 aliphatic carbocycles. The summed E-state index contributed by atoms with van der Waals surface area (Å²) >= 11 is 0. The Balaban J connectivity index is -0.000000245. The number of carboxylic acid groups (broad SMARTS) is 1. The van der Waals surface area contributed by atoms with E-state index in [1.165, 1.54) is 0 Å². The first-order chi connectivity index (χ1) is 3.66. The second-order valence-corrected chi connectivity index (χ2v) is 1.44. The van der Waals surface area contributed by atoms with E-state index in [1.807, 2.05) is 0 Å². The van der Waals surface area contributed by atoms with Crippen LogP contribution in [0.1, 0.15) is 19.8 Å². The summed E-state index contributed by atoms with van der Waals surface area (Å²) in [6.45, 7) is 1.62. The van der Waals surface area contributed by atoms with Crippen molar-refractivity contribution >= 4 is 49.5 Å². The Morgan fingerprint density at radius 1 is 1.40 bits per heavy atom. The quantitative estimate of drug-likeness (QED) is 0.385. The molecule has 0 unspecified atom stereocenters. The van der Waals surface area contributed by atoms with Crippen LogP contribution < -0.4 is 5.11 Å². The Morgan fingerprint density at radius 3 is 1.90 bits per heavy atom. The molecule has 0 heterocycles. The van der Waals surface area contributed by atoms with Crippen LogP contribution in [0.25, 0.3) is 0 Å². The van der Waals surface area contributed by atoms with Gasteiger partial charge in [0.15, 0.2) is 0 Å². The van der Waals surface area contributed by atoms with Gasteiger partial charge in [-0.05, 0) is 0 Å². The largest absolute Gasteiger partial charge is 2.00 e. The van der Waals surface area contributed by atoms with Gasteiger partial charge in [-0.3, -0.25) is 4.79 Å². The number of ketones is 1. The Labute approximate surface area is 88.9 Å². The Hall–Kier alpha value is 0.360. The predicted octanol–water partition coefficient (Wildman–Crippen LogP) is -1.45. The molecule has 0 aliphatic rings. The number of hydrogen-bond donors (Lipinski definition) is 0. The maximum absolute atomic E-state index is 10.2. The minimum atomic E-state index is -1.29. The zero-order valence-corrected chi connectivity index (χ0v) is 8.00. The van der Waals surface area contributed by atoms with Gasteiger partial charge in [-0.15, -0.1) is 0 Å². The van der Waals surface area contributed by atoms with Gasteiger partial charge >= 0.3 is 37.7 Å². The van der Waals surface area contributed by atoms with Gasteiger partial charge < -0.3 is 15.4 Å². The normalized spacial score (nSPS) is 6.90. The maximum atomic E-state index is 10.2. The molecule has 0 bridgehead atoms. The molecule has 0 aromatic heterocycles. The van der Waals surface area contributed by atoms with Crippen LogP contribution in [0, 0.1) is 0 Å². The van der Waals surface area contributed by atoms with Gasteiger partial charge in [0, 0.05) is 18.8 Å². The summed E-state index contributed by atoms with van der Waals surface area (Å²) in [6.07, 6.45) is -0.176. The number of carbonyl (C=O) groups excluding carboxylic acids is 2. The fourth-order valence-corrected chi connectivity index (χ4v) is 0.286. The standard InChI is InChI=1S/C5H8O3.Ca.H2O/c1-2-4(6)3-5(7)8;;/h2-3H2,1H3,(H,7,8);;1H2/q;+2;/p-2. The summed E-state index contributed by atoms with van der Waals surface area (Å²) in [6, 6.07) is 0. The van der Waals surface area contributed by atoms with E-state index in [9.17, 15) is 14.7 Å². The average Bonchev–Trinajstić information content (AvgIpc) is 1.65. The van der Waals surface area contributed by atoms with Gasteiger partial charge in [-0.25, -0.2) is 0 Å². The molecular weight excluding hydrogens is 164 g/mol. The first-order valence-corrected chi connectivity index (χ1v) is 2.38. The summed E-state index contributed by atoms with van der Waals surface area (Å²) < 4.78 is 0. The van der Waals surface area contributed by atoms with E-state index in [0.29, 0.717) is 0 Å². The molecule has 0 aromatic carbocycles. The fraction of sp³-hybridized carbons (Fsp3) is 0.600. The van der Waals surface area contributed by atoms with Crippen molar-refractivity contribution in [2.75, 3.05) is 0 Å². The van der Waals surface area contributed by atoms with Gasteiger partial charge in [-0.1, -0.05) is 6.92 Å². The molecule has 0 aromatic rings. The van der Waals surface area contributed by atoms with Gasteiger partial charge in [-0.2, -0.15) is 0 Å². The van der Waals surface area contributed by atoms with Crippen LogP contribution in [0.4, 0.5) is 0 Å². The summed E-state index contributed by atoms with van der Waals surface area (Å²) in [5.41, 5.74) is 0. The van der Waals surface area contributed by atoms with Crippen molar-refractivity contribution in [3.8, 4) is 0 Å². The minimum absolute atomic E-state index is 0. The smallest absolute Gasteiger partial charge is 0.870 e. The minimum Gasteiger partial charge on any atom is -0.870 e. The third kappa shape index (κ3) is 11.2. The van der Waals surface area contributed by atoms with Crippen LogP contribution in [-0.2, 0) is 9.59 Å². The van der Waals surface area contributed by atoms with E-state index in [0.717, 1.165) is 0 Å². The van der Waals surface area contributed by atoms with Gasteiger partial charge in [0.1, 0.15) is 5.78 Å². The molecule has 0 radical (unpaired) electrons. The number of aliphatic carboxylic acids is 1. The van der Waals surface area contributed by atoms with Gasteiger partial charge in [0.05, 0.1) is 0 Å². The van der Waals surface area contributed by atoms with Crippen molar-refractivity contribution in [3.05, 3.63) is 0 Å². The molecule has 5 heteroatoms. The second-order valence-electron chi connectivity index (χ2n) is 1.44. The molecule has 1 N–H and O–H groups in total. The van der Waals surface area contributed by atoms with Crippen LogP contribution >= 0.6 is 0 Å². The van der Waals surface area contributed by atoms with Crippen LogP contribution in [0.3, 0.4) is 0 Å². The predicted molar refractivity (Wildman–Crippen MR) is 32.6 cm³/mol. The zero-order chi connectivity index (χ0) is 6.57. The first-order valence-electron chi connectivity index (χ1n) is 2.38. The molecule has 4 nitrogen and oxygen atoms in total. The zero-order valence-electron chi connectivity index (χ0n) is 5.79. The fourth-order valence-electron chi connectivity index (χ4n) is 0.286. The molecule has 54 valence electrons. The summed E-state index contributed by atoms with van der Waals surface area (Å²) in [7, 11) is 0. The van der Waals surface area contributed by atoms with Crippen molar-refractivity contribution in [1.29, 1.82) is 0 Å². The van der Waals surface area contributed by atoms with Crippen molar-refractivity contribution < 1.29 is 20.2 Å². The Bertz CT molecular complexity index is 112. The van der Waals surface area contributed by atoms with Crippen LogP contribution in [0.15, 0.2) is 0 Å². The number of carboxylic acids is 1. The molecule has 0 aliphatic heterocycles. The monoisotopic (exact) mass is 172 g/mol. The molecule has 0 saturated heterocycles. The van der Waals surface area contributed by atoms with E-state index in [2.05, 4.69) is 0 Å². The van der Waals surface area contributed by atoms with E-state index in [1.54, 1.807) is 6.92 Å². The Morgan fingerprint density at radius 2 is 1.80 bits per heavy atom. The molecule has 0 fully saturated rings. The van der Waals surface area contributed by atoms with E-state index >= 15 is 0 Å². The molecule has 0 spiro atoms. The van der Waals surface area contributed by atoms with Crippen molar-refractivity contribution in [2.24, 2.45) is 0 Å². The number of carbonyl (C=O) groups is 2. The maximum Gasteiger partial charge on any atom is 2.00 e. The van der Waals surface area contributed by atoms with Crippen molar-refractivity contribution in [2.45, 2.75) is 19.8 Å². The molecule has 0 amide bonds. The molecule has 10 heavy (non-hydrogen) atoms.